The lowest BCUT2D eigenvalue weighted by Gasteiger charge is -2.12. The third kappa shape index (κ3) is 4.77. The Labute approximate surface area is 129 Å². The van der Waals surface area contributed by atoms with Gasteiger partial charge in [0.15, 0.2) is 11.5 Å². The molecule has 1 amide bonds. The van der Waals surface area contributed by atoms with Crippen molar-refractivity contribution in [3.8, 4) is 17.6 Å². The van der Waals surface area contributed by atoms with Gasteiger partial charge in [-0.3, -0.25) is 14.9 Å². The Bertz CT molecular complexity index is 645. The summed E-state index contributed by atoms with van der Waals surface area (Å²) in [6, 6.07) is 3.51. The molecule has 0 aromatic heterocycles. The summed E-state index contributed by atoms with van der Waals surface area (Å²) in [6.07, 6.45) is 0. The van der Waals surface area contributed by atoms with Crippen molar-refractivity contribution >= 4 is 11.6 Å². The van der Waals surface area contributed by atoms with Gasteiger partial charge in [0, 0.05) is 12.6 Å². The van der Waals surface area contributed by atoms with Gasteiger partial charge in [0.2, 0.25) is 0 Å². The van der Waals surface area contributed by atoms with Crippen LogP contribution in [0.4, 0.5) is 14.5 Å². The molecule has 1 rings (SSSR count). The van der Waals surface area contributed by atoms with E-state index in [-0.39, 0.29) is 12.3 Å². The second-order valence-corrected chi connectivity index (χ2v) is 4.40. The molecular formula is C13H13F2N3O5. The Morgan fingerprint density at radius 2 is 2.13 bits per heavy atom. The molecule has 0 aliphatic carbocycles. The highest BCUT2D eigenvalue weighted by Gasteiger charge is 2.26. The van der Waals surface area contributed by atoms with Gasteiger partial charge in [0.05, 0.1) is 30.1 Å². The maximum Gasteiger partial charge on any atom is 0.387 e. The van der Waals surface area contributed by atoms with Crippen LogP contribution in [0.15, 0.2) is 12.1 Å². The number of ether oxygens (including phenoxy) is 2. The first-order chi connectivity index (χ1) is 10.8. The summed E-state index contributed by atoms with van der Waals surface area (Å²) < 4.78 is 33.6. The average Bonchev–Trinajstić information content (AvgIpc) is 2.50. The van der Waals surface area contributed by atoms with E-state index in [9.17, 15) is 23.7 Å². The van der Waals surface area contributed by atoms with Crippen molar-refractivity contribution in [3.63, 3.8) is 0 Å². The average molecular weight is 329 g/mol. The molecule has 0 aliphatic heterocycles. The molecule has 1 atom stereocenters. The Morgan fingerprint density at radius 3 is 2.61 bits per heavy atom. The van der Waals surface area contributed by atoms with Crippen LogP contribution in [-0.4, -0.2) is 31.1 Å². The Balaban J connectivity index is 3.22. The molecule has 0 bridgehead atoms. The minimum atomic E-state index is -3.21. The van der Waals surface area contributed by atoms with E-state index in [0.29, 0.717) is 6.07 Å². The lowest BCUT2D eigenvalue weighted by molar-refractivity contribution is -0.385. The van der Waals surface area contributed by atoms with Gasteiger partial charge >= 0.3 is 6.61 Å². The van der Waals surface area contributed by atoms with Crippen LogP contribution in [0.2, 0.25) is 0 Å². The molecule has 1 unspecified atom stereocenters. The summed E-state index contributed by atoms with van der Waals surface area (Å²) in [5, 5.41) is 22.0. The first-order valence-corrected chi connectivity index (χ1v) is 6.29. The summed E-state index contributed by atoms with van der Waals surface area (Å²) in [5.41, 5.74) is -1.11. The number of hydrogen-bond donors (Lipinski definition) is 1. The smallest absolute Gasteiger partial charge is 0.387 e. The largest absolute Gasteiger partial charge is 0.493 e. The topological polar surface area (TPSA) is 114 Å². The van der Waals surface area contributed by atoms with E-state index in [0.717, 1.165) is 13.2 Å². The monoisotopic (exact) mass is 329 g/mol. The second-order valence-electron chi connectivity index (χ2n) is 4.40. The second kappa shape index (κ2) is 7.88. The van der Waals surface area contributed by atoms with Gasteiger partial charge in [-0.15, -0.1) is 0 Å². The lowest BCUT2D eigenvalue weighted by Crippen LogP contribution is -2.28. The number of alkyl halides is 2. The molecule has 0 fully saturated rings. The molecule has 1 aromatic carbocycles. The molecule has 0 spiro atoms. The SMILES string of the molecule is COc1cc(C(=O)NCC(C)C#N)c([N+](=O)[O-])cc1OC(F)F. The van der Waals surface area contributed by atoms with Crippen molar-refractivity contribution in [2.45, 2.75) is 13.5 Å². The van der Waals surface area contributed by atoms with E-state index in [2.05, 4.69) is 10.1 Å². The van der Waals surface area contributed by atoms with Crippen molar-refractivity contribution in [1.29, 1.82) is 5.26 Å². The predicted octanol–water partition coefficient (Wildman–Crippen LogP) is 2.09. The molecule has 124 valence electrons. The number of halogens is 2. The minimum absolute atomic E-state index is 0.0237. The Kier molecular flexibility index (Phi) is 6.20. The molecule has 0 saturated heterocycles. The van der Waals surface area contributed by atoms with E-state index < -0.39 is 40.4 Å². The number of methoxy groups -OCH3 is 1. The molecule has 8 nitrogen and oxygen atoms in total. The number of nitro benzene ring substituents is 1. The first-order valence-electron chi connectivity index (χ1n) is 6.29. The molecule has 0 aliphatic rings. The van der Waals surface area contributed by atoms with Crippen LogP contribution in [-0.2, 0) is 0 Å². The third-order valence-electron chi connectivity index (χ3n) is 2.73. The number of carbonyl (C=O) groups is 1. The highest BCUT2D eigenvalue weighted by Crippen LogP contribution is 2.35. The number of nitrogens with one attached hydrogen (secondary N) is 1. The van der Waals surface area contributed by atoms with Gasteiger partial charge in [-0.2, -0.15) is 14.0 Å². The number of nitrogens with zero attached hydrogens (tertiary/aromatic N) is 2. The molecule has 23 heavy (non-hydrogen) atoms. The summed E-state index contributed by atoms with van der Waals surface area (Å²) in [5.74, 6) is -2.15. The van der Waals surface area contributed by atoms with Crippen LogP contribution in [0.25, 0.3) is 0 Å². The number of nitriles is 1. The first kappa shape index (κ1) is 18.1. The summed E-state index contributed by atoms with van der Waals surface area (Å²) in [4.78, 5) is 22.2. The minimum Gasteiger partial charge on any atom is -0.493 e. The van der Waals surface area contributed by atoms with Crippen molar-refractivity contribution in [3.05, 3.63) is 27.8 Å². The predicted molar refractivity (Wildman–Crippen MR) is 73.4 cm³/mol. The molecule has 1 aromatic rings. The summed E-state index contributed by atoms with van der Waals surface area (Å²) >= 11 is 0. The van der Waals surface area contributed by atoms with E-state index in [1.54, 1.807) is 6.92 Å². The van der Waals surface area contributed by atoms with E-state index in [1.807, 2.05) is 6.07 Å². The number of rotatable bonds is 7. The van der Waals surface area contributed by atoms with Crippen molar-refractivity contribution in [1.82, 2.24) is 5.32 Å². The van der Waals surface area contributed by atoms with E-state index in [1.165, 1.54) is 0 Å². The molecular weight excluding hydrogens is 316 g/mol. The van der Waals surface area contributed by atoms with Crippen LogP contribution in [0.1, 0.15) is 17.3 Å². The zero-order chi connectivity index (χ0) is 17.6. The van der Waals surface area contributed by atoms with E-state index >= 15 is 0 Å². The molecule has 0 radical (unpaired) electrons. The van der Waals surface area contributed by atoms with Crippen LogP contribution >= 0.6 is 0 Å². The number of amides is 1. The molecule has 10 heteroatoms. The van der Waals surface area contributed by atoms with Gasteiger partial charge in [-0.05, 0) is 6.92 Å². The van der Waals surface area contributed by atoms with Crippen molar-refractivity contribution < 1.29 is 28.0 Å². The highest BCUT2D eigenvalue weighted by molar-refractivity contribution is 5.99. The number of hydrogen-bond acceptors (Lipinski definition) is 6. The van der Waals surface area contributed by atoms with Gasteiger partial charge in [-0.25, -0.2) is 0 Å². The third-order valence-corrected chi connectivity index (χ3v) is 2.73. The van der Waals surface area contributed by atoms with Gasteiger partial charge in [0.1, 0.15) is 5.56 Å². The lowest BCUT2D eigenvalue weighted by atomic mass is 10.1. The Morgan fingerprint density at radius 1 is 1.48 bits per heavy atom. The Hall–Kier alpha value is -2.96. The van der Waals surface area contributed by atoms with Crippen LogP contribution in [0, 0.1) is 27.4 Å². The van der Waals surface area contributed by atoms with Crippen LogP contribution in [0.3, 0.4) is 0 Å². The fourth-order valence-electron chi connectivity index (χ4n) is 1.62. The molecule has 1 N–H and O–H groups in total. The maximum atomic E-state index is 12.3. The zero-order valence-electron chi connectivity index (χ0n) is 12.2. The number of nitro groups is 1. The molecule has 0 heterocycles. The normalized spacial score (nSPS) is 11.5. The summed E-state index contributed by atoms with van der Waals surface area (Å²) in [6.45, 7) is -1.68. The summed E-state index contributed by atoms with van der Waals surface area (Å²) in [7, 11) is 1.14. The van der Waals surface area contributed by atoms with Crippen molar-refractivity contribution in [2.75, 3.05) is 13.7 Å². The molecule has 0 saturated carbocycles. The van der Waals surface area contributed by atoms with Crippen molar-refractivity contribution in [2.24, 2.45) is 5.92 Å². The number of benzene rings is 1. The highest BCUT2D eigenvalue weighted by atomic mass is 19.3. The van der Waals surface area contributed by atoms with Gasteiger partial charge in [0.25, 0.3) is 11.6 Å². The van der Waals surface area contributed by atoms with Gasteiger partial charge in [-0.1, -0.05) is 0 Å². The number of carbonyl (C=O) groups excluding carboxylic acids is 1. The standard InChI is InChI=1S/C13H13F2N3O5/c1-7(5-16)6-17-12(19)8-3-10(22-2)11(23-13(14)15)4-9(8)18(20)21/h3-4,7,13H,6H2,1-2H3,(H,17,19). The van der Waals surface area contributed by atoms with Crippen LogP contribution in [0.5, 0.6) is 11.5 Å². The van der Waals surface area contributed by atoms with E-state index in [4.69, 9.17) is 10.00 Å². The maximum absolute atomic E-state index is 12.3. The quantitative estimate of drug-likeness (QED) is 0.605. The fraction of sp³-hybridized carbons (Fsp3) is 0.385. The van der Waals surface area contributed by atoms with Crippen LogP contribution < -0.4 is 14.8 Å². The zero-order valence-corrected chi connectivity index (χ0v) is 12.2. The van der Waals surface area contributed by atoms with Gasteiger partial charge < -0.3 is 14.8 Å². The fourth-order valence-corrected chi connectivity index (χ4v) is 1.62.